The number of nitrogen functional groups attached to an aromatic ring is 1. The molecular weight excluding hydrogens is 215 g/mol. The Bertz CT molecular complexity index is 357. The highest BCUT2D eigenvalue weighted by molar-refractivity contribution is 7.99. The molecule has 1 rings (SSSR count). The van der Waals surface area contributed by atoms with E-state index in [1.807, 2.05) is 0 Å². The Hall–Kier alpha value is -1.23. The van der Waals surface area contributed by atoms with Crippen molar-refractivity contribution in [3.8, 4) is 0 Å². The van der Waals surface area contributed by atoms with Gasteiger partial charge in [0.05, 0.1) is 0 Å². The number of carbonyl (C=O) groups excluding carboxylic acids is 1. The quantitative estimate of drug-likeness (QED) is 0.468. The van der Waals surface area contributed by atoms with Crippen molar-refractivity contribution in [3.63, 3.8) is 0 Å². The third-order valence-corrected chi connectivity index (χ3v) is 2.80. The molecule has 0 heterocycles. The predicted molar refractivity (Wildman–Crippen MR) is 60.2 cm³/mol. The molecule has 0 aliphatic carbocycles. The van der Waals surface area contributed by atoms with E-state index in [0.29, 0.717) is 12.2 Å². The number of amides is 1. The highest BCUT2D eigenvalue weighted by atomic mass is 32.2. The Morgan fingerprint density at radius 3 is 2.93 bits per heavy atom. The second-order valence-electron chi connectivity index (χ2n) is 3.01. The fourth-order valence-corrected chi connectivity index (χ4v) is 1.85. The van der Waals surface area contributed by atoms with E-state index in [4.69, 9.17) is 5.73 Å². The van der Waals surface area contributed by atoms with Gasteiger partial charge >= 0.3 is 0 Å². The van der Waals surface area contributed by atoms with Crippen LogP contribution in [0.25, 0.3) is 0 Å². The molecule has 0 saturated carbocycles. The molecule has 0 aromatic heterocycles. The van der Waals surface area contributed by atoms with Crippen LogP contribution < -0.4 is 11.1 Å². The Balaban J connectivity index is 2.40. The van der Waals surface area contributed by atoms with Gasteiger partial charge in [-0.1, -0.05) is 0 Å². The molecule has 0 spiro atoms. The van der Waals surface area contributed by atoms with E-state index < -0.39 is 0 Å². The van der Waals surface area contributed by atoms with Crippen LogP contribution in [-0.4, -0.2) is 18.2 Å². The predicted octanol–water partition coefficient (Wildman–Crippen LogP) is 1.64. The normalized spacial score (nSPS) is 10.0. The van der Waals surface area contributed by atoms with Crippen LogP contribution in [0.1, 0.15) is 6.92 Å². The van der Waals surface area contributed by atoms with Gasteiger partial charge in [-0.3, -0.25) is 4.79 Å². The molecule has 82 valence electrons. The molecule has 0 unspecified atom stereocenters. The van der Waals surface area contributed by atoms with Crippen LogP contribution in [-0.2, 0) is 4.79 Å². The summed E-state index contributed by atoms with van der Waals surface area (Å²) < 4.78 is 12.7. The number of thioether (sulfide) groups is 1. The first-order valence-corrected chi connectivity index (χ1v) is 5.50. The molecule has 0 atom stereocenters. The molecule has 0 aliphatic rings. The van der Waals surface area contributed by atoms with E-state index in [2.05, 4.69) is 5.32 Å². The van der Waals surface area contributed by atoms with Crippen LogP contribution in [0.2, 0.25) is 0 Å². The molecule has 3 nitrogen and oxygen atoms in total. The number of rotatable bonds is 4. The standard InChI is InChI=1S/C10H13FN2OS/c1-7(14)13-4-5-15-10-3-2-8(11)6-9(10)12/h2-3,6H,4-5,12H2,1H3,(H,13,14). The summed E-state index contributed by atoms with van der Waals surface area (Å²) in [6.07, 6.45) is 0. The number of benzene rings is 1. The van der Waals surface area contributed by atoms with E-state index in [9.17, 15) is 9.18 Å². The number of hydrogen-bond acceptors (Lipinski definition) is 3. The lowest BCUT2D eigenvalue weighted by molar-refractivity contribution is -0.118. The van der Waals surface area contributed by atoms with Crippen LogP contribution >= 0.6 is 11.8 Å². The molecule has 5 heteroatoms. The Morgan fingerprint density at radius 2 is 2.33 bits per heavy atom. The van der Waals surface area contributed by atoms with E-state index >= 15 is 0 Å². The molecule has 1 aromatic carbocycles. The fraction of sp³-hybridized carbons (Fsp3) is 0.300. The maximum atomic E-state index is 12.7. The summed E-state index contributed by atoms with van der Waals surface area (Å²) in [5, 5.41) is 2.67. The van der Waals surface area contributed by atoms with Crippen molar-refractivity contribution in [1.82, 2.24) is 5.32 Å². The van der Waals surface area contributed by atoms with Gasteiger partial charge in [-0.2, -0.15) is 0 Å². The third kappa shape index (κ3) is 4.20. The van der Waals surface area contributed by atoms with Gasteiger partial charge < -0.3 is 11.1 Å². The molecule has 0 bridgehead atoms. The third-order valence-electron chi connectivity index (χ3n) is 1.71. The van der Waals surface area contributed by atoms with Crippen LogP contribution in [0.4, 0.5) is 10.1 Å². The summed E-state index contributed by atoms with van der Waals surface area (Å²) >= 11 is 1.49. The minimum absolute atomic E-state index is 0.0531. The molecule has 0 aliphatic heterocycles. The van der Waals surface area contributed by atoms with Crippen molar-refractivity contribution in [2.75, 3.05) is 18.0 Å². The monoisotopic (exact) mass is 228 g/mol. The van der Waals surface area contributed by atoms with E-state index in [-0.39, 0.29) is 11.7 Å². The van der Waals surface area contributed by atoms with Crippen LogP contribution in [0.3, 0.4) is 0 Å². The maximum absolute atomic E-state index is 12.7. The van der Waals surface area contributed by atoms with Crippen LogP contribution in [0.15, 0.2) is 23.1 Å². The highest BCUT2D eigenvalue weighted by Crippen LogP contribution is 2.24. The largest absolute Gasteiger partial charge is 0.398 e. The van der Waals surface area contributed by atoms with Gasteiger partial charge in [-0.05, 0) is 18.2 Å². The zero-order chi connectivity index (χ0) is 11.3. The summed E-state index contributed by atoms with van der Waals surface area (Å²) in [6.45, 7) is 2.05. The number of nitrogens with two attached hydrogens (primary N) is 1. The highest BCUT2D eigenvalue weighted by Gasteiger charge is 2.01. The number of halogens is 1. The van der Waals surface area contributed by atoms with E-state index in [0.717, 1.165) is 10.6 Å². The number of nitrogens with one attached hydrogen (secondary N) is 1. The van der Waals surface area contributed by atoms with Crippen molar-refractivity contribution >= 4 is 23.4 Å². The zero-order valence-corrected chi connectivity index (χ0v) is 9.23. The lowest BCUT2D eigenvalue weighted by Crippen LogP contribution is -2.22. The Labute approximate surface area is 92.2 Å². The number of carbonyl (C=O) groups is 1. The molecule has 15 heavy (non-hydrogen) atoms. The minimum atomic E-state index is -0.335. The van der Waals surface area contributed by atoms with E-state index in [1.165, 1.54) is 30.8 Å². The zero-order valence-electron chi connectivity index (χ0n) is 8.42. The second-order valence-corrected chi connectivity index (χ2v) is 4.15. The lowest BCUT2D eigenvalue weighted by Gasteiger charge is -2.05. The first-order valence-electron chi connectivity index (χ1n) is 4.52. The van der Waals surface area contributed by atoms with Gasteiger partial charge in [0.1, 0.15) is 5.82 Å². The lowest BCUT2D eigenvalue weighted by atomic mass is 10.3. The molecule has 1 amide bonds. The molecule has 3 N–H and O–H groups in total. The average Bonchev–Trinajstić information content (AvgIpc) is 2.14. The van der Waals surface area contributed by atoms with Gasteiger partial charge in [0.25, 0.3) is 0 Å². The van der Waals surface area contributed by atoms with Crippen molar-refractivity contribution in [3.05, 3.63) is 24.0 Å². The maximum Gasteiger partial charge on any atom is 0.216 e. The summed E-state index contributed by atoms with van der Waals surface area (Å²) in [5.74, 6) is 0.330. The van der Waals surface area contributed by atoms with Gasteiger partial charge in [0, 0.05) is 29.8 Å². The minimum Gasteiger partial charge on any atom is -0.398 e. The van der Waals surface area contributed by atoms with Gasteiger partial charge in [-0.15, -0.1) is 11.8 Å². The van der Waals surface area contributed by atoms with Gasteiger partial charge in [0.15, 0.2) is 0 Å². The molecular formula is C10H13FN2OS. The Morgan fingerprint density at radius 1 is 1.60 bits per heavy atom. The van der Waals surface area contributed by atoms with E-state index in [1.54, 1.807) is 6.07 Å². The van der Waals surface area contributed by atoms with Gasteiger partial charge in [0.2, 0.25) is 5.91 Å². The van der Waals surface area contributed by atoms with Crippen molar-refractivity contribution < 1.29 is 9.18 Å². The summed E-state index contributed by atoms with van der Waals surface area (Å²) in [5.41, 5.74) is 6.05. The second kappa shape index (κ2) is 5.60. The van der Waals surface area contributed by atoms with Crippen molar-refractivity contribution in [2.45, 2.75) is 11.8 Å². The fourth-order valence-electron chi connectivity index (χ4n) is 1.04. The molecule has 1 aromatic rings. The van der Waals surface area contributed by atoms with Crippen molar-refractivity contribution in [1.29, 1.82) is 0 Å². The number of hydrogen-bond donors (Lipinski definition) is 2. The molecule has 0 radical (unpaired) electrons. The Kier molecular flexibility index (Phi) is 4.42. The molecule has 0 fully saturated rings. The average molecular weight is 228 g/mol. The smallest absolute Gasteiger partial charge is 0.216 e. The SMILES string of the molecule is CC(=O)NCCSc1ccc(F)cc1N. The van der Waals surface area contributed by atoms with Crippen LogP contribution in [0, 0.1) is 5.82 Å². The van der Waals surface area contributed by atoms with Crippen LogP contribution in [0.5, 0.6) is 0 Å². The summed E-state index contributed by atoms with van der Waals surface area (Å²) in [4.78, 5) is 11.4. The summed E-state index contributed by atoms with van der Waals surface area (Å²) in [7, 11) is 0. The first kappa shape index (κ1) is 11.8. The topological polar surface area (TPSA) is 55.1 Å². The first-order chi connectivity index (χ1) is 7.09. The number of anilines is 1. The molecule has 0 saturated heterocycles. The summed E-state index contributed by atoms with van der Waals surface area (Å²) in [6, 6.07) is 4.31. The van der Waals surface area contributed by atoms with Crippen molar-refractivity contribution in [2.24, 2.45) is 0 Å². The van der Waals surface area contributed by atoms with Gasteiger partial charge in [-0.25, -0.2) is 4.39 Å².